The lowest BCUT2D eigenvalue weighted by Crippen LogP contribution is -2.34. The summed E-state index contributed by atoms with van der Waals surface area (Å²) < 4.78 is 56.1. The van der Waals surface area contributed by atoms with E-state index in [0.717, 1.165) is 38.5 Å². The molecule has 0 bridgehead atoms. The van der Waals surface area contributed by atoms with Gasteiger partial charge in [-0.15, -0.1) is 0 Å². The van der Waals surface area contributed by atoms with Crippen LogP contribution in [0.25, 0.3) is 0 Å². The van der Waals surface area contributed by atoms with Crippen LogP contribution >= 0.6 is 0 Å². The van der Waals surface area contributed by atoms with Crippen LogP contribution in [0, 0.1) is 17.6 Å². The quantitative estimate of drug-likeness (QED) is 0.742. The molecule has 0 saturated carbocycles. The molecule has 0 spiro atoms. The van der Waals surface area contributed by atoms with Crippen molar-refractivity contribution < 1.29 is 21.4 Å². The van der Waals surface area contributed by atoms with Crippen LogP contribution in [0.3, 0.4) is 0 Å². The van der Waals surface area contributed by atoms with Gasteiger partial charge in [0, 0.05) is 36.8 Å². The largest absolute Gasteiger partial charge is 0.371 e. The lowest BCUT2D eigenvalue weighted by molar-refractivity contribution is 0.264. The number of rotatable bonds is 6. The van der Waals surface area contributed by atoms with Crippen molar-refractivity contribution in [3.05, 3.63) is 29.3 Å². The molecule has 27 heavy (non-hydrogen) atoms. The Balaban J connectivity index is 1.58. The zero-order valence-corrected chi connectivity index (χ0v) is 16.5. The van der Waals surface area contributed by atoms with Crippen molar-refractivity contribution in [1.29, 1.82) is 0 Å². The van der Waals surface area contributed by atoms with Gasteiger partial charge in [0.25, 0.3) is 10.1 Å². The Morgan fingerprint density at radius 2 is 1.85 bits per heavy atom. The third kappa shape index (κ3) is 5.62. The maximum atomic E-state index is 14.6. The van der Waals surface area contributed by atoms with Crippen molar-refractivity contribution in [2.45, 2.75) is 38.0 Å². The molecule has 2 saturated heterocycles. The third-order valence-corrected chi connectivity index (χ3v) is 6.17. The fraction of sp³-hybridized carbons (Fsp3) is 0.684. The van der Waals surface area contributed by atoms with E-state index in [-0.39, 0.29) is 18.1 Å². The molecule has 8 heteroatoms. The van der Waals surface area contributed by atoms with Gasteiger partial charge in [0.1, 0.15) is 11.6 Å². The molecule has 1 unspecified atom stereocenters. The summed E-state index contributed by atoms with van der Waals surface area (Å²) in [6.45, 7) is 3.12. The van der Waals surface area contributed by atoms with Gasteiger partial charge < -0.3 is 10.2 Å². The van der Waals surface area contributed by atoms with E-state index < -0.39 is 21.8 Å². The Hall–Kier alpha value is -1.25. The van der Waals surface area contributed by atoms with Gasteiger partial charge in [-0.05, 0) is 56.7 Å². The predicted octanol–water partition coefficient (Wildman–Crippen LogP) is 3.01. The number of piperidine rings is 2. The fourth-order valence-electron chi connectivity index (χ4n) is 4.09. The average Bonchev–Trinajstić information content (AvgIpc) is 2.61. The Morgan fingerprint density at radius 1 is 1.19 bits per heavy atom. The Bertz CT molecular complexity index is 720. The van der Waals surface area contributed by atoms with E-state index in [1.54, 1.807) is 0 Å². The van der Waals surface area contributed by atoms with Crippen molar-refractivity contribution in [3.63, 3.8) is 0 Å². The topological polar surface area (TPSA) is 58.6 Å². The number of anilines is 1. The summed E-state index contributed by atoms with van der Waals surface area (Å²) in [7, 11) is -3.40. The minimum Gasteiger partial charge on any atom is -0.371 e. The number of halogens is 2. The van der Waals surface area contributed by atoms with E-state index in [9.17, 15) is 17.2 Å². The van der Waals surface area contributed by atoms with Crippen molar-refractivity contribution in [2.75, 3.05) is 43.9 Å². The van der Waals surface area contributed by atoms with Crippen molar-refractivity contribution in [3.8, 4) is 0 Å². The van der Waals surface area contributed by atoms with E-state index in [4.69, 9.17) is 4.18 Å². The van der Waals surface area contributed by atoms with Gasteiger partial charge in [-0.2, -0.15) is 8.42 Å². The first kappa shape index (κ1) is 20.5. The molecule has 3 rings (SSSR count). The number of hydrogen-bond donors (Lipinski definition) is 1. The summed E-state index contributed by atoms with van der Waals surface area (Å²) in [5.74, 6) is -0.650. The summed E-state index contributed by atoms with van der Waals surface area (Å²) >= 11 is 0. The van der Waals surface area contributed by atoms with Crippen LogP contribution in [0.2, 0.25) is 0 Å². The van der Waals surface area contributed by atoms with Gasteiger partial charge in [-0.3, -0.25) is 4.18 Å². The standard InChI is InChI=1S/C19H28F2N2O3S/c1-27(24,25)26-10-6-14-4-8-23(9-5-14)16-11-17(20)19(18(21)12-16)15-3-2-7-22-13-15/h11-12,14-15,22H,2-10,13H2,1H3. The van der Waals surface area contributed by atoms with Crippen LogP contribution in [0.15, 0.2) is 12.1 Å². The number of nitrogens with zero attached hydrogens (tertiary/aromatic N) is 1. The molecule has 1 N–H and O–H groups in total. The van der Waals surface area contributed by atoms with Gasteiger partial charge in [0.05, 0.1) is 12.9 Å². The number of benzene rings is 1. The van der Waals surface area contributed by atoms with Crippen molar-refractivity contribution in [2.24, 2.45) is 5.92 Å². The summed E-state index contributed by atoms with van der Waals surface area (Å²) in [5.41, 5.74) is 0.794. The normalized spacial score (nSPS) is 22.2. The van der Waals surface area contributed by atoms with Crippen LogP contribution in [0.4, 0.5) is 14.5 Å². The molecule has 0 aromatic heterocycles. The predicted molar refractivity (Wildman–Crippen MR) is 102 cm³/mol. The highest BCUT2D eigenvalue weighted by Crippen LogP contribution is 2.33. The molecule has 0 amide bonds. The lowest BCUT2D eigenvalue weighted by Gasteiger charge is -2.34. The molecule has 2 aliphatic heterocycles. The van der Waals surface area contributed by atoms with Gasteiger partial charge >= 0.3 is 0 Å². The van der Waals surface area contributed by atoms with Crippen LogP contribution < -0.4 is 10.2 Å². The Labute approximate surface area is 160 Å². The van der Waals surface area contributed by atoms with Crippen molar-refractivity contribution in [1.82, 2.24) is 5.32 Å². The minimum atomic E-state index is -3.40. The first-order valence-corrected chi connectivity index (χ1v) is 11.4. The zero-order chi connectivity index (χ0) is 19.4. The second-order valence-electron chi connectivity index (χ2n) is 7.61. The Kier molecular flexibility index (Phi) is 6.70. The molecule has 0 aliphatic carbocycles. The van der Waals surface area contributed by atoms with Crippen LogP contribution in [-0.2, 0) is 14.3 Å². The van der Waals surface area contributed by atoms with Crippen LogP contribution in [-0.4, -0.2) is 47.5 Å². The lowest BCUT2D eigenvalue weighted by atomic mass is 9.90. The monoisotopic (exact) mass is 402 g/mol. The molecule has 152 valence electrons. The molecule has 2 heterocycles. The number of hydrogen-bond acceptors (Lipinski definition) is 5. The Morgan fingerprint density at radius 3 is 2.41 bits per heavy atom. The highest BCUT2D eigenvalue weighted by molar-refractivity contribution is 7.85. The first-order chi connectivity index (χ1) is 12.8. The maximum Gasteiger partial charge on any atom is 0.264 e. The summed E-state index contributed by atoms with van der Waals surface area (Å²) in [6.07, 6.45) is 5.17. The highest BCUT2D eigenvalue weighted by Gasteiger charge is 2.25. The summed E-state index contributed by atoms with van der Waals surface area (Å²) in [4.78, 5) is 2.00. The maximum absolute atomic E-state index is 14.6. The molecule has 2 aliphatic rings. The van der Waals surface area contributed by atoms with E-state index >= 15 is 0 Å². The molecule has 1 atom stereocenters. The van der Waals surface area contributed by atoms with E-state index in [1.807, 2.05) is 4.90 Å². The average molecular weight is 403 g/mol. The highest BCUT2D eigenvalue weighted by atomic mass is 32.2. The van der Waals surface area contributed by atoms with Gasteiger partial charge in [0.15, 0.2) is 0 Å². The molecule has 2 fully saturated rings. The molecular weight excluding hydrogens is 374 g/mol. The SMILES string of the molecule is CS(=O)(=O)OCCC1CCN(c2cc(F)c(C3CCCNC3)c(F)c2)CC1. The van der Waals surface area contributed by atoms with E-state index in [1.165, 1.54) is 12.1 Å². The summed E-state index contributed by atoms with van der Waals surface area (Å²) in [6, 6.07) is 2.92. The van der Waals surface area contributed by atoms with Gasteiger partial charge in [-0.25, -0.2) is 8.78 Å². The third-order valence-electron chi connectivity index (χ3n) is 5.57. The molecule has 1 aromatic carbocycles. The van der Waals surface area contributed by atoms with Gasteiger partial charge in [-0.1, -0.05) is 0 Å². The molecule has 0 radical (unpaired) electrons. The molecule has 5 nitrogen and oxygen atoms in total. The van der Waals surface area contributed by atoms with Crippen molar-refractivity contribution >= 4 is 15.8 Å². The minimum absolute atomic E-state index is 0.103. The molecule has 1 aromatic rings. The number of nitrogens with one attached hydrogen (secondary N) is 1. The smallest absolute Gasteiger partial charge is 0.264 e. The summed E-state index contributed by atoms with van der Waals surface area (Å²) in [5, 5.41) is 3.20. The second-order valence-corrected chi connectivity index (χ2v) is 9.26. The van der Waals surface area contributed by atoms with E-state index in [0.29, 0.717) is 37.7 Å². The van der Waals surface area contributed by atoms with Gasteiger partial charge in [0.2, 0.25) is 0 Å². The second kappa shape index (κ2) is 8.84. The van der Waals surface area contributed by atoms with Crippen LogP contribution in [0.5, 0.6) is 0 Å². The van der Waals surface area contributed by atoms with Crippen LogP contribution in [0.1, 0.15) is 43.6 Å². The molecular formula is C19H28F2N2O3S. The zero-order valence-electron chi connectivity index (χ0n) is 15.7. The van der Waals surface area contributed by atoms with E-state index in [2.05, 4.69) is 5.32 Å². The fourth-order valence-corrected chi connectivity index (χ4v) is 4.49. The first-order valence-electron chi connectivity index (χ1n) is 9.62.